The fraction of sp³-hybridized carbons (Fsp3) is 0.294. The number of aliphatic hydroxyl groups is 1. The summed E-state index contributed by atoms with van der Waals surface area (Å²) in [6.45, 7) is 1.75. The molecule has 1 aromatic rings. The zero-order chi connectivity index (χ0) is 17.0. The monoisotopic (exact) mass is 317 g/mol. The van der Waals surface area contributed by atoms with Gasteiger partial charge in [-0.2, -0.15) is 0 Å². The molecule has 0 saturated heterocycles. The molecule has 0 aliphatic heterocycles. The highest BCUT2D eigenvalue weighted by atomic mass is 16.4. The highest BCUT2D eigenvalue weighted by Crippen LogP contribution is 2.27. The number of aliphatic hydroxyl groups excluding tert-OH is 1. The summed E-state index contributed by atoms with van der Waals surface area (Å²) in [5.41, 5.74) is 1.14. The normalized spacial score (nSPS) is 17.6. The number of benzene rings is 1. The smallest absolute Gasteiger partial charge is 0.337 e. The molecule has 1 atom stereocenters. The molecule has 0 spiro atoms. The Morgan fingerprint density at radius 1 is 1.22 bits per heavy atom. The number of carbonyl (C=O) groups is 2. The van der Waals surface area contributed by atoms with E-state index in [1.807, 2.05) is 0 Å². The maximum absolute atomic E-state index is 12.1. The summed E-state index contributed by atoms with van der Waals surface area (Å²) in [5, 5.41) is 30.6. The largest absolute Gasteiger partial charge is 0.512 e. The van der Waals surface area contributed by atoms with Crippen LogP contribution in [-0.4, -0.2) is 27.2 Å². The van der Waals surface area contributed by atoms with Crippen molar-refractivity contribution < 1.29 is 24.9 Å². The van der Waals surface area contributed by atoms with Crippen molar-refractivity contribution in [1.82, 2.24) is 5.32 Å². The van der Waals surface area contributed by atoms with Crippen molar-refractivity contribution in [1.29, 1.82) is 0 Å². The molecule has 0 saturated carbocycles. The quantitative estimate of drug-likeness (QED) is 0.666. The van der Waals surface area contributed by atoms with Crippen LogP contribution in [-0.2, 0) is 16.0 Å². The number of hydrogen-bond acceptors (Lipinski definition) is 4. The fourth-order valence-corrected chi connectivity index (χ4v) is 2.49. The van der Waals surface area contributed by atoms with Gasteiger partial charge in [0.25, 0.3) is 0 Å². The van der Waals surface area contributed by atoms with E-state index in [9.17, 15) is 24.9 Å². The molecule has 122 valence electrons. The maximum Gasteiger partial charge on any atom is 0.337 e. The van der Waals surface area contributed by atoms with Gasteiger partial charge >= 0.3 is 5.97 Å². The van der Waals surface area contributed by atoms with Gasteiger partial charge in [0.1, 0.15) is 5.75 Å². The molecule has 2 rings (SSSR count). The topological polar surface area (TPSA) is 107 Å². The number of carbonyl (C=O) groups excluding carboxylic acids is 1. The number of allylic oxidation sites excluding steroid dienone is 2. The molecule has 6 nitrogen and oxygen atoms in total. The van der Waals surface area contributed by atoms with E-state index in [0.29, 0.717) is 18.5 Å². The average Bonchev–Trinajstić information content (AvgIpc) is 2.49. The third-order valence-electron chi connectivity index (χ3n) is 3.69. The van der Waals surface area contributed by atoms with Crippen molar-refractivity contribution >= 4 is 11.9 Å². The van der Waals surface area contributed by atoms with Gasteiger partial charge in [0.15, 0.2) is 0 Å². The Morgan fingerprint density at radius 3 is 2.48 bits per heavy atom. The lowest BCUT2D eigenvalue weighted by Crippen LogP contribution is -2.31. The molecular weight excluding hydrogens is 298 g/mol. The van der Waals surface area contributed by atoms with Gasteiger partial charge in [-0.1, -0.05) is 19.1 Å². The molecule has 0 aromatic heterocycles. The molecule has 23 heavy (non-hydrogen) atoms. The van der Waals surface area contributed by atoms with E-state index >= 15 is 0 Å². The second-order valence-corrected chi connectivity index (χ2v) is 5.59. The van der Waals surface area contributed by atoms with Crippen LogP contribution in [0.2, 0.25) is 0 Å². The van der Waals surface area contributed by atoms with Gasteiger partial charge < -0.3 is 20.6 Å². The number of amides is 1. The second-order valence-electron chi connectivity index (χ2n) is 5.59. The number of aryl methyl sites for hydroxylation is 1. The van der Waals surface area contributed by atoms with E-state index in [-0.39, 0.29) is 35.3 Å². The number of hydrogen-bond donors (Lipinski definition) is 4. The van der Waals surface area contributed by atoms with Crippen LogP contribution in [0.3, 0.4) is 0 Å². The van der Waals surface area contributed by atoms with E-state index in [1.165, 1.54) is 6.08 Å². The first-order valence-corrected chi connectivity index (χ1v) is 7.31. The number of rotatable bonds is 5. The van der Waals surface area contributed by atoms with Gasteiger partial charge in [0.05, 0.1) is 11.3 Å². The molecule has 4 N–H and O–H groups in total. The van der Waals surface area contributed by atoms with Crippen LogP contribution in [0.4, 0.5) is 0 Å². The number of carboxylic acid groups (broad SMARTS) is 1. The van der Waals surface area contributed by atoms with Crippen LogP contribution in [0.5, 0.6) is 5.75 Å². The van der Waals surface area contributed by atoms with Crippen LogP contribution in [0.1, 0.15) is 25.3 Å². The summed E-state index contributed by atoms with van der Waals surface area (Å²) in [6.07, 6.45) is 2.16. The average molecular weight is 317 g/mol. The first-order chi connectivity index (χ1) is 10.9. The lowest BCUT2D eigenvalue weighted by Gasteiger charge is -2.22. The molecule has 0 heterocycles. The van der Waals surface area contributed by atoms with E-state index in [0.717, 1.165) is 5.56 Å². The fourth-order valence-electron chi connectivity index (χ4n) is 2.49. The predicted octanol–water partition coefficient (Wildman–Crippen LogP) is 2.26. The highest BCUT2D eigenvalue weighted by molar-refractivity contribution is 5.92. The van der Waals surface area contributed by atoms with Gasteiger partial charge in [0.2, 0.25) is 5.91 Å². The van der Waals surface area contributed by atoms with E-state index in [4.69, 9.17) is 0 Å². The Kier molecular flexibility index (Phi) is 5.05. The van der Waals surface area contributed by atoms with E-state index in [1.54, 1.807) is 31.2 Å². The minimum atomic E-state index is -1.18. The molecule has 0 bridgehead atoms. The molecule has 1 aliphatic carbocycles. The van der Waals surface area contributed by atoms with Gasteiger partial charge in [-0.05, 0) is 30.2 Å². The van der Waals surface area contributed by atoms with Gasteiger partial charge in [0, 0.05) is 24.5 Å². The Hall–Kier alpha value is -2.76. The summed E-state index contributed by atoms with van der Waals surface area (Å²) in [4.78, 5) is 23.3. The van der Waals surface area contributed by atoms with Crippen molar-refractivity contribution in [3.63, 3.8) is 0 Å². The first-order valence-electron chi connectivity index (χ1n) is 7.31. The lowest BCUT2D eigenvalue weighted by atomic mass is 9.92. The Morgan fingerprint density at radius 2 is 1.87 bits per heavy atom. The van der Waals surface area contributed by atoms with Crippen molar-refractivity contribution in [2.24, 2.45) is 5.92 Å². The predicted molar refractivity (Wildman–Crippen MR) is 83.7 cm³/mol. The molecule has 1 amide bonds. The van der Waals surface area contributed by atoms with Crippen molar-refractivity contribution in [3.8, 4) is 5.75 Å². The number of nitrogens with one attached hydrogen (secondary N) is 1. The number of phenols is 1. The van der Waals surface area contributed by atoms with Crippen LogP contribution >= 0.6 is 0 Å². The number of phenolic OH excluding ortho intramolecular Hbond substituents is 1. The molecule has 6 heteroatoms. The zero-order valence-corrected chi connectivity index (χ0v) is 12.7. The molecule has 0 fully saturated rings. The lowest BCUT2D eigenvalue weighted by molar-refractivity contribution is -0.132. The molecule has 1 aromatic carbocycles. The first kappa shape index (κ1) is 16.6. The molecular formula is C17H19NO5. The Bertz CT molecular complexity index is 673. The minimum absolute atomic E-state index is 0.00278. The van der Waals surface area contributed by atoms with E-state index in [2.05, 4.69) is 5.32 Å². The van der Waals surface area contributed by atoms with Gasteiger partial charge in [-0.15, -0.1) is 0 Å². The Labute approximate surface area is 133 Å². The molecule has 1 unspecified atom stereocenters. The van der Waals surface area contributed by atoms with Crippen molar-refractivity contribution in [2.45, 2.75) is 26.2 Å². The number of aromatic hydroxyl groups is 1. The minimum Gasteiger partial charge on any atom is -0.512 e. The maximum atomic E-state index is 12.1. The standard InChI is InChI=1S/C17H19NO5/c1-10-8-13(20)9-14(17(22)23)16(10)18-15(21)7-4-11-2-5-12(19)6-3-11/h2-3,5-6,9-10,19-20H,4,7-8H2,1H3,(H,18,21)(H,22,23). The van der Waals surface area contributed by atoms with Gasteiger partial charge in [-0.3, -0.25) is 4.79 Å². The third kappa shape index (κ3) is 4.35. The molecule has 1 aliphatic rings. The number of carboxylic acids is 1. The van der Waals surface area contributed by atoms with Crippen LogP contribution in [0.15, 0.2) is 47.4 Å². The summed E-state index contributed by atoms with van der Waals surface area (Å²) in [7, 11) is 0. The third-order valence-corrected chi connectivity index (χ3v) is 3.69. The highest BCUT2D eigenvalue weighted by Gasteiger charge is 2.25. The van der Waals surface area contributed by atoms with Crippen LogP contribution in [0.25, 0.3) is 0 Å². The summed E-state index contributed by atoms with van der Waals surface area (Å²) < 4.78 is 0. The number of aliphatic carboxylic acids is 1. The summed E-state index contributed by atoms with van der Waals surface area (Å²) in [5.74, 6) is -1.58. The van der Waals surface area contributed by atoms with Crippen molar-refractivity contribution in [2.75, 3.05) is 0 Å². The van der Waals surface area contributed by atoms with Crippen LogP contribution < -0.4 is 5.32 Å². The van der Waals surface area contributed by atoms with Crippen molar-refractivity contribution in [3.05, 3.63) is 52.9 Å². The van der Waals surface area contributed by atoms with Crippen LogP contribution in [0, 0.1) is 5.92 Å². The van der Waals surface area contributed by atoms with E-state index < -0.39 is 5.97 Å². The second kappa shape index (κ2) is 7.00. The van der Waals surface area contributed by atoms with Gasteiger partial charge in [-0.25, -0.2) is 4.79 Å². The zero-order valence-electron chi connectivity index (χ0n) is 12.7. The summed E-state index contributed by atoms with van der Waals surface area (Å²) >= 11 is 0. The Balaban J connectivity index is 2.04. The summed E-state index contributed by atoms with van der Waals surface area (Å²) in [6, 6.07) is 6.56. The molecule has 0 radical (unpaired) electrons. The SMILES string of the molecule is CC1CC(O)=CC(C(=O)O)=C1NC(=O)CCc1ccc(O)cc1.